The molecule has 1 unspecified atom stereocenters. The molecule has 5 heteroatoms. The number of ether oxygens (including phenoxy) is 1. The Morgan fingerprint density at radius 1 is 1.17 bits per heavy atom. The third-order valence-corrected chi connectivity index (χ3v) is 3.75. The molecule has 2 aromatic carbocycles. The lowest BCUT2D eigenvalue weighted by atomic mass is 10.1. The van der Waals surface area contributed by atoms with Crippen molar-refractivity contribution in [2.45, 2.75) is 18.8 Å². The van der Waals surface area contributed by atoms with Gasteiger partial charge in [-0.25, -0.2) is 0 Å². The zero-order chi connectivity index (χ0) is 13.2. The normalized spacial score (nSPS) is 13.4. The van der Waals surface area contributed by atoms with Crippen LogP contribution in [0.3, 0.4) is 0 Å². The zero-order valence-electron chi connectivity index (χ0n) is 9.91. The SMILES string of the molecule is CCC(Oc1ccc2ccccc2c1)S(=O)(=O)O. The van der Waals surface area contributed by atoms with Crippen LogP contribution in [0.25, 0.3) is 10.8 Å². The van der Waals surface area contributed by atoms with E-state index in [0.29, 0.717) is 5.75 Å². The van der Waals surface area contributed by atoms with Crippen LogP contribution in [0, 0.1) is 0 Å². The molecule has 0 saturated heterocycles. The fraction of sp³-hybridized carbons (Fsp3) is 0.231. The molecule has 2 rings (SSSR count). The molecule has 0 aromatic heterocycles. The van der Waals surface area contributed by atoms with Crippen LogP contribution in [0.4, 0.5) is 0 Å². The molecule has 96 valence electrons. The van der Waals surface area contributed by atoms with Crippen molar-refractivity contribution in [3.8, 4) is 5.75 Å². The van der Waals surface area contributed by atoms with Gasteiger partial charge in [-0.2, -0.15) is 8.42 Å². The Morgan fingerprint density at radius 3 is 2.44 bits per heavy atom. The van der Waals surface area contributed by atoms with Crippen LogP contribution in [0.1, 0.15) is 13.3 Å². The molecular formula is C13H14O4S. The van der Waals surface area contributed by atoms with Crippen LogP contribution in [0.2, 0.25) is 0 Å². The molecule has 0 bridgehead atoms. The van der Waals surface area contributed by atoms with Crippen molar-refractivity contribution in [1.82, 2.24) is 0 Å². The van der Waals surface area contributed by atoms with Gasteiger partial charge in [0, 0.05) is 0 Å². The first-order chi connectivity index (χ1) is 8.50. The minimum atomic E-state index is -4.19. The molecule has 0 aliphatic carbocycles. The largest absolute Gasteiger partial charge is 0.472 e. The van der Waals surface area contributed by atoms with Gasteiger partial charge in [0.25, 0.3) is 0 Å². The molecule has 0 heterocycles. The van der Waals surface area contributed by atoms with Crippen molar-refractivity contribution in [2.75, 3.05) is 0 Å². The molecule has 18 heavy (non-hydrogen) atoms. The fourth-order valence-electron chi connectivity index (χ4n) is 1.75. The first-order valence-corrected chi connectivity index (χ1v) is 7.13. The predicted octanol–water partition coefficient (Wildman–Crippen LogP) is 2.84. The third-order valence-electron chi connectivity index (χ3n) is 2.65. The highest BCUT2D eigenvalue weighted by Crippen LogP contribution is 2.22. The van der Waals surface area contributed by atoms with E-state index in [2.05, 4.69) is 0 Å². The average Bonchev–Trinajstić information content (AvgIpc) is 2.34. The monoisotopic (exact) mass is 266 g/mol. The van der Waals surface area contributed by atoms with Gasteiger partial charge in [0.05, 0.1) is 0 Å². The molecule has 0 saturated carbocycles. The Bertz CT molecular complexity index is 649. The summed E-state index contributed by atoms with van der Waals surface area (Å²) in [6.07, 6.45) is 0.186. The molecule has 0 spiro atoms. The van der Waals surface area contributed by atoms with Crippen LogP contribution in [-0.4, -0.2) is 18.4 Å². The summed E-state index contributed by atoms with van der Waals surface area (Å²) in [5.41, 5.74) is -1.22. The summed E-state index contributed by atoms with van der Waals surface area (Å²) in [5.74, 6) is 0.429. The second kappa shape index (κ2) is 4.96. The predicted molar refractivity (Wildman–Crippen MR) is 70.2 cm³/mol. The van der Waals surface area contributed by atoms with Crippen molar-refractivity contribution >= 4 is 20.9 Å². The molecule has 4 nitrogen and oxygen atoms in total. The van der Waals surface area contributed by atoms with E-state index in [1.165, 1.54) is 0 Å². The maximum atomic E-state index is 11.1. The number of fused-ring (bicyclic) bond motifs is 1. The Labute approximate surface area is 106 Å². The minimum absolute atomic E-state index is 0.186. The highest BCUT2D eigenvalue weighted by molar-refractivity contribution is 7.86. The van der Waals surface area contributed by atoms with Gasteiger partial charge in [-0.15, -0.1) is 0 Å². The van der Waals surface area contributed by atoms with Crippen molar-refractivity contribution in [2.24, 2.45) is 0 Å². The summed E-state index contributed by atoms with van der Waals surface area (Å²) < 4.78 is 36.4. The Kier molecular flexibility index (Phi) is 3.54. The minimum Gasteiger partial charge on any atom is -0.472 e. The highest BCUT2D eigenvalue weighted by atomic mass is 32.2. The van der Waals surface area contributed by atoms with E-state index in [4.69, 9.17) is 9.29 Å². The molecule has 1 N–H and O–H groups in total. The van der Waals surface area contributed by atoms with Crippen molar-refractivity contribution in [3.05, 3.63) is 42.5 Å². The lowest BCUT2D eigenvalue weighted by Crippen LogP contribution is -2.25. The standard InChI is InChI=1S/C13H14O4S/c1-2-13(18(14,15)16)17-12-8-7-10-5-3-4-6-11(10)9-12/h3-9,13H,2H2,1H3,(H,14,15,16). The van der Waals surface area contributed by atoms with Crippen LogP contribution in [-0.2, 0) is 10.1 Å². The molecule has 0 aliphatic rings. The number of hydrogen-bond donors (Lipinski definition) is 1. The van der Waals surface area contributed by atoms with Gasteiger partial charge in [0.1, 0.15) is 5.75 Å². The summed E-state index contributed by atoms with van der Waals surface area (Å²) >= 11 is 0. The highest BCUT2D eigenvalue weighted by Gasteiger charge is 2.22. The molecule has 0 amide bonds. The van der Waals surface area contributed by atoms with Gasteiger partial charge in [0.15, 0.2) is 0 Å². The van der Waals surface area contributed by atoms with Gasteiger partial charge in [0.2, 0.25) is 5.44 Å². The molecule has 1 atom stereocenters. The summed E-state index contributed by atoms with van der Waals surface area (Å²) in [6.45, 7) is 1.64. The fourth-order valence-corrected chi connectivity index (χ4v) is 2.40. The van der Waals surface area contributed by atoms with E-state index in [1.807, 2.05) is 30.3 Å². The summed E-state index contributed by atoms with van der Waals surface area (Å²) in [7, 11) is -4.19. The molecule has 2 aromatic rings. The van der Waals surface area contributed by atoms with Gasteiger partial charge in [-0.3, -0.25) is 4.55 Å². The maximum absolute atomic E-state index is 11.1. The zero-order valence-corrected chi connectivity index (χ0v) is 10.7. The first-order valence-electron chi connectivity index (χ1n) is 5.62. The van der Waals surface area contributed by atoms with E-state index >= 15 is 0 Å². The summed E-state index contributed by atoms with van der Waals surface area (Å²) in [4.78, 5) is 0. The van der Waals surface area contributed by atoms with Crippen molar-refractivity contribution in [3.63, 3.8) is 0 Å². The van der Waals surface area contributed by atoms with Gasteiger partial charge in [-0.05, 0) is 29.3 Å². The van der Waals surface area contributed by atoms with Crippen LogP contribution < -0.4 is 4.74 Å². The first kappa shape index (κ1) is 12.9. The molecule has 0 radical (unpaired) electrons. The number of benzene rings is 2. The quantitative estimate of drug-likeness (QED) is 0.864. The van der Waals surface area contributed by atoms with E-state index in [1.54, 1.807) is 19.1 Å². The lowest BCUT2D eigenvalue weighted by Gasteiger charge is -2.14. The lowest BCUT2D eigenvalue weighted by molar-refractivity contribution is 0.253. The van der Waals surface area contributed by atoms with Crippen molar-refractivity contribution < 1.29 is 17.7 Å². The van der Waals surface area contributed by atoms with Crippen LogP contribution >= 0.6 is 0 Å². The second-order valence-corrected chi connectivity index (χ2v) is 5.54. The van der Waals surface area contributed by atoms with Gasteiger partial charge >= 0.3 is 10.1 Å². The van der Waals surface area contributed by atoms with Crippen LogP contribution in [0.15, 0.2) is 42.5 Å². The van der Waals surface area contributed by atoms with Gasteiger partial charge in [-0.1, -0.05) is 37.3 Å². The number of rotatable bonds is 4. The Morgan fingerprint density at radius 2 is 1.83 bits per heavy atom. The smallest absolute Gasteiger partial charge is 0.303 e. The Hall–Kier alpha value is -1.59. The van der Waals surface area contributed by atoms with Crippen molar-refractivity contribution in [1.29, 1.82) is 0 Å². The second-order valence-electron chi connectivity index (χ2n) is 3.98. The maximum Gasteiger partial charge on any atom is 0.303 e. The summed E-state index contributed by atoms with van der Waals surface area (Å²) in [6, 6.07) is 13.0. The third kappa shape index (κ3) is 2.80. The van der Waals surface area contributed by atoms with E-state index < -0.39 is 15.6 Å². The van der Waals surface area contributed by atoms with E-state index in [-0.39, 0.29) is 6.42 Å². The van der Waals surface area contributed by atoms with E-state index in [0.717, 1.165) is 10.8 Å². The average molecular weight is 266 g/mol. The Balaban J connectivity index is 2.32. The molecular weight excluding hydrogens is 252 g/mol. The van der Waals surface area contributed by atoms with Crippen LogP contribution in [0.5, 0.6) is 5.75 Å². The summed E-state index contributed by atoms with van der Waals surface area (Å²) in [5, 5.41) is 2.00. The van der Waals surface area contributed by atoms with E-state index in [9.17, 15) is 8.42 Å². The number of hydrogen-bond acceptors (Lipinski definition) is 3. The molecule has 0 fully saturated rings. The molecule has 0 aliphatic heterocycles. The van der Waals surface area contributed by atoms with Gasteiger partial charge < -0.3 is 4.74 Å². The topological polar surface area (TPSA) is 63.6 Å².